The van der Waals surface area contributed by atoms with E-state index in [-0.39, 0.29) is 25.0 Å². The van der Waals surface area contributed by atoms with Crippen LogP contribution in [0.4, 0.5) is 0 Å². The minimum atomic E-state index is -1.01. The number of hydrogen-bond donors (Lipinski definition) is 3. The summed E-state index contributed by atoms with van der Waals surface area (Å²) in [6, 6.07) is 6.74. The molecule has 3 aliphatic rings. The van der Waals surface area contributed by atoms with Crippen molar-refractivity contribution in [2.75, 3.05) is 26.3 Å². The van der Waals surface area contributed by atoms with Crippen LogP contribution in [0.5, 0.6) is 5.75 Å². The van der Waals surface area contributed by atoms with Crippen molar-refractivity contribution in [1.82, 2.24) is 10.2 Å². The zero-order chi connectivity index (χ0) is 23.5. The van der Waals surface area contributed by atoms with Crippen LogP contribution in [0.15, 0.2) is 35.9 Å². The Hall–Kier alpha value is -2.42. The molecule has 2 heterocycles. The van der Waals surface area contributed by atoms with Crippen LogP contribution in [0, 0.1) is 5.92 Å². The summed E-state index contributed by atoms with van der Waals surface area (Å²) in [4.78, 5) is 28.2. The molecular weight excluding hydrogens is 424 g/mol. The van der Waals surface area contributed by atoms with Crippen molar-refractivity contribution < 1.29 is 29.3 Å². The number of benzene rings is 1. The molecule has 1 fully saturated rings. The van der Waals surface area contributed by atoms with Crippen LogP contribution in [0.25, 0.3) is 0 Å². The van der Waals surface area contributed by atoms with Gasteiger partial charge in [0.2, 0.25) is 5.91 Å². The molecule has 8 heteroatoms. The number of para-hydroxylation sites is 1. The average Bonchev–Trinajstić information content (AvgIpc) is 3.47. The van der Waals surface area contributed by atoms with Gasteiger partial charge in [-0.3, -0.25) is 9.59 Å². The maximum Gasteiger partial charge on any atom is 0.252 e. The van der Waals surface area contributed by atoms with E-state index in [1.54, 1.807) is 11.0 Å². The third-order valence-electron chi connectivity index (χ3n) is 6.67. The Labute approximate surface area is 194 Å². The fourth-order valence-electron chi connectivity index (χ4n) is 4.95. The largest absolute Gasteiger partial charge is 0.486 e. The third-order valence-corrected chi connectivity index (χ3v) is 6.67. The first kappa shape index (κ1) is 23.7. The number of aliphatic hydroxyl groups excluding tert-OH is 2. The molecule has 0 bridgehead atoms. The Balaban J connectivity index is 1.71. The monoisotopic (exact) mass is 458 g/mol. The first-order valence-corrected chi connectivity index (χ1v) is 11.9. The second-order valence-corrected chi connectivity index (χ2v) is 9.40. The fraction of sp³-hybridized carbons (Fsp3) is 0.600. The topological polar surface area (TPSA) is 108 Å². The molecule has 3 N–H and O–H groups in total. The first-order valence-electron chi connectivity index (χ1n) is 11.9. The van der Waals surface area contributed by atoms with Crippen molar-refractivity contribution in [2.24, 2.45) is 5.92 Å². The lowest BCUT2D eigenvalue weighted by atomic mass is 9.77. The lowest BCUT2D eigenvalue weighted by Gasteiger charge is -2.41. The number of nitrogens with zero attached hydrogens (tertiary/aromatic N) is 1. The van der Waals surface area contributed by atoms with Gasteiger partial charge < -0.3 is 29.9 Å². The molecule has 180 valence electrons. The molecule has 0 aromatic heterocycles. The Kier molecular flexibility index (Phi) is 7.36. The molecule has 33 heavy (non-hydrogen) atoms. The second kappa shape index (κ2) is 10.2. The highest BCUT2D eigenvalue weighted by Crippen LogP contribution is 2.47. The Morgan fingerprint density at radius 1 is 1.27 bits per heavy atom. The SMILES string of the molecule is CC(C)CCN(C(=O)C1CCCO1)[C@@H]1C=C(C(=O)NCCO)[C@@H]2c3ccccc3O[C@@H]2[C@H]1O. The third kappa shape index (κ3) is 4.78. The quantitative estimate of drug-likeness (QED) is 0.543. The molecule has 2 amide bonds. The predicted molar refractivity (Wildman–Crippen MR) is 122 cm³/mol. The number of fused-ring (bicyclic) bond motifs is 3. The van der Waals surface area contributed by atoms with Gasteiger partial charge in [0.1, 0.15) is 24.1 Å². The van der Waals surface area contributed by atoms with Gasteiger partial charge in [-0.15, -0.1) is 0 Å². The number of rotatable bonds is 8. The highest BCUT2D eigenvalue weighted by molar-refractivity contribution is 5.96. The number of carbonyl (C=O) groups is 2. The van der Waals surface area contributed by atoms with Gasteiger partial charge in [-0.1, -0.05) is 32.0 Å². The smallest absolute Gasteiger partial charge is 0.252 e. The average molecular weight is 459 g/mol. The molecule has 1 aliphatic carbocycles. The molecule has 1 saturated heterocycles. The van der Waals surface area contributed by atoms with Crippen LogP contribution in [-0.2, 0) is 14.3 Å². The van der Waals surface area contributed by atoms with Crippen LogP contribution in [0.1, 0.15) is 44.6 Å². The maximum atomic E-state index is 13.4. The van der Waals surface area contributed by atoms with Crippen molar-refractivity contribution in [1.29, 1.82) is 0 Å². The van der Waals surface area contributed by atoms with Gasteiger partial charge in [0.25, 0.3) is 5.91 Å². The zero-order valence-corrected chi connectivity index (χ0v) is 19.3. The van der Waals surface area contributed by atoms with Crippen LogP contribution >= 0.6 is 0 Å². The molecule has 0 saturated carbocycles. The number of hydrogen-bond acceptors (Lipinski definition) is 6. The van der Waals surface area contributed by atoms with E-state index in [4.69, 9.17) is 9.47 Å². The zero-order valence-electron chi connectivity index (χ0n) is 19.3. The molecule has 1 unspecified atom stereocenters. The van der Waals surface area contributed by atoms with Crippen LogP contribution in [0.2, 0.25) is 0 Å². The van der Waals surface area contributed by atoms with Crippen molar-refractivity contribution >= 4 is 11.8 Å². The Morgan fingerprint density at radius 3 is 2.76 bits per heavy atom. The number of aliphatic hydroxyl groups is 2. The molecule has 4 rings (SSSR count). The molecular formula is C25H34N2O6. The maximum absolute atomic E-state index is 13.4. The van der Waals surface area contributed by atoms with Gasteiger partial charge in [0.05, 0.1) is 18.6 Å². The van der Waals surface area contributed by atoms with Crippen LogP contribution in [-0.4, -0.2) is 77.6 Å². The summed E-state index contributed by atoms with van der Waals surface area (Å²) in [5.74, 6) is 0.0619. The Bertz CT molecular complexity index is 895. The van der Waals surface area contributed by atoms with Crippen LogP contribution < -0.4 is 10.1 Å². The van der Waals surface area contributed by atoms with E-state index in [1.165, 1.54) is 0 Å². The van der Waals surface area contributed by atoms with E-state index >= 15 is 0 Å². The second-order valence-electron chi connectivity index (χ2n) is 9.40. The first-order chi connectivity index (χ1) is 15.9. The summed E-state index contributed by atoms with van der Waals surface area (Å²) in [5, 5.41) is 23.4. The molecule has 0 radical (unpaired) electrons. The standard InChI is InChI=1S/C25H34N2O6/c1-15(2)9-11-27(25(31)20-8-5-13-32-20)18-14-17(24(30)26-10-12-28)21-16-6-3-4-7-19(16)33-23(21)22(18)29/h3-4,6-7,14-15,18,20-23,28-29H,5,8-13H2,1-2H3,(H,26,30)/t18-,20?,21+,22+,23+/m1/s1. The lowest BCUT2D eigenvalue weighted by molar-refractivity contribution is -0.146. The summed E-state index contributed by atoms with van der Waals surface area (Å²) < 4.78 is 11.8. The van der Waals surface area contributed by atoms with Crippen molar-refractivity contribution in [3.05, 3.63) is 41.5 Å². The number of carbonyl (C=O) groups excluding carboxylic acids is 2. The van der Waals surface area contributed by atoms with Gasteiger partial charge >= 0.3 is 0 Å². The van der Waals surface area contributed by atoms with E-state index in [2.05, 4.69) is 19.2 Å². The summed E-state index contributed by atoms with van der Waals surface area (Å²) in [6.07, 6.45) is 1.74. The fourth-order valence-corrected chi connectivity index (χ4v) is 4.95. The molecule has 0 spiro atoms. The van der Waals surface area contributed by atoms with Gasteiger partial charge in [-0.2, -0.15) is 0 Å². The highest BCUT2D eigenvalue weighted by atomic mass is 16.5. The summed E-state index contributed by atoms with van der Waals surface area (Å²) in [7, 11) is 0. The van der Waals surface area contributed by atoms with Crippen molar-refractivity contribution in [3.8, 4) is 5.75 Å². The van der Waals surface area contributed by atoms with Gasteiger partial charge in [-0.05, 0) is 37.3 Å². The van der Waals surface area contributed by atoms with E-state index in [0.717, 1.165) is 18.4 Å². The Morgan fingerprint density at radius 2 is 2.06 bits per heavy atom. The molecule has 1 aromatic rings. The lowest BCUT2D eigenvalue weighted by Crippen LogP contribution is -2.57. The summed E-state index contributed by atoms with van der Waals surface area (Å²) in [6.45, 7) is 5.12. The predicted octanol–water partition coefficient (Wildman–Crippen LogP) is 1.36. The number of amides is 2. The minimum absolute atomic E-state index is 0.120. The van der Waals surface area contributed by atoms with E-state index in [1.807, 2.05) is 24.3 Å². The van der Waals surface area contributed by atoms with Crippen LogP contribution in [0.3, 0.4) is 0 Å². The van der Waals surface area contributed by atoms with Gasteiger partial charge in [0, 0.05) is 30.8 Å². The molecule has 8 nitrogen and oxygen atoms in total. The van der Waals surface area contributed by atoms with Gasteiger partial charge in [-0.25, -0.2) is 0 Å². The molecule has 5 atom stereocenters. The number of nitrogens with one attached hydrogen (secondary N) is 1. The summed E-state index contributed by atoms with van der Waals surface area (Å²) in [5.41, 5.74) is 1.29. The van der Waals surface area contributed by atoms with E-state index in [9.17, 15) is 19.8 Å². The van der Waals surface area contributed by atoms with E-state index < -0.39 is 30.3 Å². The minimum Gasteiger partial charge on any atom is -0.486 e. The van der Waals surface area contributed by atoms with Gasteiger partial charge in [0.15, 0.2) is 0 Å². The van der Waals surface area contributed by atoms with Crippen molar-refractivity contribution in [3.63, 3.8) is 0 Å². The number of ether oxygens (including phenoxy) is 2. The summed E-state index contributed by atoms with van der Waals surface area (Å²) >= 11 is 0. The van der Waals surface area contributed by atoms with E-state index in [0.29, 0.717) is 36.8 Å². The normalized spacial score (nSPS) is 28.0. The highest BCUT2D eigenvalue weighted by Gasteiger charge is 2.50. The molecule has 1 aromatic carbocycles. The molecule has 2 aliphatic heterocycles. The van der Waals surface area contributed by atoms with Crippen molar-refractivity contribution in [2.45, 2.75) is 63.4 Å².